The maximum atomic E-state index is 6.11. The molecular formula is C17H26N2O2. The van der Waals surface area contributed by atoms with Gasteiger partial charge in [0.2, 0.25) is 0 Å². The maximum absolute atomic E-state index is 6.11. The molecule has 1 aliphatic heterocycles. The van der Waals surface area contributed by atoms with Crippen LogP contribution >= 0.6 is 0 Å². The van der Waals surface area contributed by atoms with E-state index in [1.54, 1.807) is 14.2 Å². The summed E-state index contributed by atoms with van der Waals surface area (Å²) in [5, 5.41) is 0. The second-order valence-corrected chi connectivity index (χ2v) is 6.12. The van der Waals surface area contributed by atoms with Crippen LogP contribution in [0.15, 0.2) is 12.1 Å². The van der Waals surface area contributed by atoms with Crippen molar-refractivity contribution in [2.24, 2.45) is 5.73 Å². The van der Waals surface area contributed by atoms with Crippen LogP contribution < -0.4 is 15.2 Å². The Bertz CT molecular complexity index is 498. The molecule has 1 unspecified atom stereocenters. The lowest BCUT2D eigenvalue weighted by Gasteiger charge is -2.35. The van der Waals surface area contributed by atoms with E-state index in [0.29, 0.717) is 12.6 Å². The van der Waals surface area contributed by atoms with E-state index in [1.165, 1.54) is 43.2 Å². The molecule has 0 amide bonds. The quantitative estimate of drug-likeness (QED) is 0.926. The lowest BCUT2D eigenvalue weighted by Crippen LogP contribution is -2.38. The fourth-order valence-corrected chi connectivity index (χ4v) is 3.97. The van der Waals surface area contributed by atoms with Crippen LogP contribution in [0.1, 0.15) is 49.3 Å². The van der Waals surface area contributed by atoms with E-state index in [4.69, 9.17) is 15.2 Å². The summed E-state index contributed by atoms with van der Waals surface area (Å²) in [5.41, 5.74) is 8.69. The van der Waals surface area contributed by atoms with Crippen LogP contribution in [-0.2, 0) is 6.54 Å². The molecule has 21 heavy (non-hydrogen) atoms. The van der Waals surface area contributed by atoms with E-state index >= 15 is 0 Å². The van der Waals surface area contributed by atoms with Gasteiger partial charge in [0, 0.05) is 30.8 Å². The highest BCUT2D eigenvalue weighted by Crippen LogP contribution is 2.44. The molecule has 1 aromatic rings. The van der Waals surface area contributed by atoms with Crippen LogP contribution in [0.4, 0.5) is 0 Å². The molecule has 0 radical (unpaired) electrons. The number of benzene rings is 1. The van der Waals surface area contributed by atoms with Gasteiger partial charge in [0.1, 0.15) is 11.5 Å². The average Bonchev–Trinajstić information content (AvgIpc) is 2.93. The summed E-state index contributed by atoms with van der Waals surface area (Å²) in [4.78, 5) is 2.59. The highest BCUT2D eigenvalue weighted by Gasteiger charge is 2.37. The van der Waals surface area contributed by atoms with Crippen LogP contribution in [0, 0.1) is 0 Å². The van der Waals surface area contributed by atoms with Gasteiger partial charge in [-0.05, 0) is 24.5 Å². The average molecular weight is 290 g/mol. The van der Waals surface area contributed by atoms with Crippen molar-refractivity contribution in [3.63, 3.8) is 0 Å². The van der Waals surface area contributed by atoms with Gasteiger partial charge in [-0.3, -0.25) is 4.90 Å². The fourth-order valence-electron chi connectivity index (χ4n) is 3.97. The number of hydrogen-bond acceptors (Lipinski definition) is 4. The third-order valence-electron chi connectivity index (χ3n) is 5.01. The van der Waals surface area contributed by atoms with Crippen molar-refractivity contribution in [2.75, 3.05) is 20.8 Å². The number of nitrogens with two attached hydrogens (primary N) is 1. The minimum Gasteiger partial charge on any atom is -0.497 e. The van der Waals surface area contributed by atoms with Gasteiger partial charge in [-0.1, -0.05) is 19.3 Å². The molecule has 0 saturated heterocycles. The molecule has 1 aromatic carbocycles. The predicted octanol–water partition coefficient (Wildman–Crippen LogP) is 2.85. The normalized spacial score (nSPS) is 23.1. The Hall–Kier alpha value is -1.26. The number of fused-ring (bicyclic) bond motifs is 1. The van der Waals surface area contributed by atoms with Gasteiger partial charge >= 0.3 is 0 Å². The standard InChI is InChI=1S/C17H26N2O2/c1-20-14-8-12-11-19(13-6-4-3-5-7-13)15(10-18)17(12)16(9-14)21-2/h8-9,13,15H,3-7,10-11,18H2,1-2H3. The van der Waals surface area contributed by atoms with Crippen molar-refractivity contribution in [1.82, 2.24) is 4.90 Å². The number of hydrogen-bond donors (Lipinski definition) is 1. The first kappa shape index (κ1) is 14.7. The zero-order valence-corrected chi connectivity index (χ0v) is 13.1. The zero-order valence-electron chi connectivity index (χ0n) is 13.1. The summed E-state index contributed by atoms with van der Waals surface area (Å²) in [7, 11) is 3.43. The van der Waals surface area contributed by atoms with Crippen molar-refractivity contribution in [1.29, 1.82) is 0 Å². The Kier molecular flexibility index (Phi) is 4.36. The lowest BCUT2D eigenvalue weighted by atomic mass is 9.93. The Morgan fingerprint density at radius 1 is 1.14 bits per heavy atom. The molecular weight excluding hydrogens is 264 g/mol. The molecule has 2 N–H and O–H groups in total. The second kappa shape index (κ2) is 6.24. The number of methoxy groups -OCH3 is 2. The molecule has 1 atom stereocenters. The minimum absolute atomic E-state index is 0.281. The van der Waals surface area contributed by atoms with Crippen molar-refractivity contribution < 1.29 is 9.47 Å². The highest BCUT2D eigenvalue weighted by molar-refractivity contribution is 5.51. The zero-order chi connectivity index (χ0) is 14.8. The van der Waals surface area contributed by atoms with E-state index in [9.17, 15) is 0 Å². The largest absolute Gasteiger partial charge is 0.497 e. The van der Waals surface area contributed by atoms with Crippen LogP contribution in [0.25, 0.3) is 0 Å². The van der Waals surface area contributed by atoms with E-state index in [0.717, 1.165) is 18.0 Å². The van der Waals surface area contributed by atoms with Gasteiger partial charge in [-0.25, -0.2) is 0 Å². The first-order chi connectivity index (χ1) is 10.3. The monoisotopic (exact) mass is 290 g/mol. The Labute approximate surface area is 127 Å². The van der Waals surface area contributed by atoms with Crippen molar-refractivity contribution >= 4 is 0 Å². The topological polar surface area (TPSA) is 47.7 Å². The van der Waals surface area contributed by atoms with Crippen LogP contribution in [0.3, 0.4) is 0 Å². The van der Waals surface area contributed by atoms with Crippen molar-refractivity contribution in [3.05, 3.63) is 23.3 Å². The second-order valence-electron chi connectivity index (χ2n) is 6.12. The minimum atomic E-state index is 0.281. The first-order valence-electron chi connectivity index (χ1n) is 7.99. The SMILES string of the molecule is COc1cc2c(c(OC)c1)C(CN)N(C1CCCCC1)C2. The summed E-state index contributed by atoms with van der Waals surface area (Å²) in [6.45, 7) is 1.61. The highest BCUT2D eigenvalue weighted by atomic mass is 16.5. The number of rotatable bonds is 4. The van der Waals surface area contributed by atoms with Crippen molar-refractivity contribution in [3.8, 4) is 11.5 Å². The molecule has 0 spiro atoms. The lowest BCUT2D eigenvalue weighted by molar-refractivity contribution is 0.116. The van der Waals surface area contributed by atoms with Gasteiger partial charge < -0.3 is 15.2 Å². The summed E-state index contributed by atoms with van der Waals surface area (Å²) < 4.78 is 11.0. The van der Waals surface area contributed by atoms with Gasteiger partial charge in [-0.2, -0.15) is 0 Å². The Morgan fingerprint density at radius 2 is 1.90 bits per heavy atom. The van der Waals surface area contributed by atoms with Crippen LogP contribution in [0.5, 0.6) is 11.5 Å². The first-order valence-corrected chi connectivity index (χ1v) is 7.99. The predicted molar refractivity (Wildman–Crippen MR) is 83.8 cm³/mol. The third kappa shape index (κ3) is 2.62. The van der Waals surface area contributed by atoms with Crippen LogP contribution in [-0.4, -0.2) is 31.7 Å². The van der Waals surface area contributed by atoms with E-state index in [1.807, 2.05) is 6.07 Å². The number of ether oxygens (including phenoxy) is 2. The molecule has 2 aliphatic rings. The summed E-state index contributed by atoms with van der Waals surface area (Å²) in [5.74, 6) is 1.78. The molecule has 0 aromatic heterocycles. The summed E-state index contributed by atoms with van der Waals surface area (Å²) in [6.07, 6.45) is 6.65. The molecule has 1 fully saturated rings. The fraction of sp³-hybridized carbons (Fsp3) is 0.647. The molecule has 4 nitrogen and oxygen atoms in total. The van der Waals surface area contributed by atoms with Crippen LogP contribution in [0.2, 0.25) is 0 Å². The Balaban J connectivity index is 1.94. The van der Waals surface area contributed by atoms with E-state index in [-0.39, 0.29) is 6.04 Å². The molecule has 4 heteroatoms. The van der Waals surface area contributed by atoms with Gasteiger partial charge in [-0.15, -0.1) is 0 Å². The van der Waals surface area contributed by atoms with E-state index in [2.05, 4.69) is 11.0 Å². The molecule has 1 aliphatic carbocycles. The molecule has 1 heterocycles. The molecule has 3 rings (SSSR count). The molecule has 1 saturated carbocycles. The van der Waals surface area contributed by atoms with E-state index < -0.39 is 0 Å². The Morgan fingerprint density at radius 3 is 2.52 bits per heavy atom. The van der Waals surface area contributed by atoms with Gasteiger partial charge in [0.25, 0.3) is 0 Å². The van der Waals surface area contributed by atoms with Gasteiger partial charge in [0.15, 0.2) is 0 Å². The third-order valence-corrected chi connectivity index (χ3v) is 5.01. The smallest absolute Gasteiger partial charge is 0.127 e. The maximum Gasteiger partial charge on any atom is 0.127 e. The molecule has 116 valence electrons. The molecule has 0 bridgehead atoms. The summed E-state index contributed by atoms with van der Waals surface area (Å²) in [6, 6.07) is 5.06. The van der Waals surface area contributed by atoms with Crippen molar-refractivity contribution in [2.45, 2.75) is 50.7 Å². The van der Waals surface area contributed by atoms with Gasteiger partial charge in [0.05, 0.1) is 20.3 Å². The number of nitrogens with zero attached hydrogens (tertiary/aromatic N) is 1. The summed E-state index contributed by atoms with van der Waals surface area (Å²) >= 11 is 0.